The fourth-order valence-electron chi connectivity index (χ4n) is 5.57. The number of phosphoric ester groups is 1. The molecule has 8 nitrogen and oxygen atoms in total. The second-order valence-corrected chi connectivity index (χ2v) is 16.4. The first-order valence-corrected chi connectivity index (χ1v) is 21.8. The molecule has 2 N–H and O–H groups in total. The summed E-state index contributed by atoms with van der Waals surface area (Å²) < 4.78 is 23.1. The van der Waals surface area contributed by atoms with Crippen molar-refractivity contribution in [3.8, 4) is 0 Å². The number of rotatable bonds is 36. The number of likely N-dealkylation sites (N-methyl/N-ethyl adjacent to an activating group) is 1. The average Bonchev–Trinajstić information content (AvgIpc) is 3.06. The molecule has 0 spiro atoms. The van der Waals surface area contributed by atoms with E-state index in [9.17, 15) is 19.4 Å². The number of carbonyl (C=O) groups is 1. The van der Waals surface area contributed by atoms with E-state index in [0.29, 0.717) is 23.9 Å². The Bertz CT molecular complexity index is 917. The van der Waals surface area contributed by atoms with E-state index in [1.165, 1.54) is 77.0 Å². The first kappa shape index (κ1) is 48.7. The number of hydrogen-bond acceptors (Lipinski definition) is 6. The molecule has 50 heavy (non-hydrogen) atoms. The standard InChI is InChI=1S/C41H79N2O6P/c1-6-8-10-12-14-16-17-18-19-20-21-22-23-24-25-27-29-31-33-35-41(45)42-39(38-49-50(46,47)48-37-36-43(3,4)5)40(44)34-32-30-28-26-15-13-11-9-7-2/h14,16,18-19,21-22,39-40,44H,6-13,15,17,20,23-38H2,1-5H3,(H-,42,45,46,47)/b16-14-,19-18-,22-21-. The first-order valence-electron chi connectivity index (χ1n) is 20.3. The van der Waals surface area contributed by atoms with Crippen molar-refractivity contribution < 1.29 is 32.9 Å². The molecule has 0 aliphatic heterocycles. The molecule has 3 unspecified atom stereocenters. The fraction of sp³-hybridized carbons (Fsp3) is 0.829. The third-order valence-electron chi connectivity index (χ3n) is 8.88. The Labute approximate surface area is 308 Å². The molecule has 0 aliphatic carbocycles. The molecule has 0 fully saturated rings. The number of phosphoric acid groups is 1. The molecule has 0 bridgehead atoms. The van der Waals surface area contributed by atoms with Gasteiger partial charge in [0, 0.05) is 6.42 Å². The molecule has 3 atom stereocenters. The van der Waals surface area contributed by atoms with Gasteiger partial charge in [0.2, 0.25) is 5.91 Å². The smallest absolute Gasteiger partial charge is 0.268 e. The van der Waals surface area contributed by atoms with Crippen LogP contribution >= 0.6 is 7.82 Å². The van der Waals surface area contributed by atoms with Gasteiger partial charge in [-0.15, -0.1) is 0 Å². The Morgan fingerprint density at radius 1 is 0.700 bits per heavy atom. The van der Waals surface area contributed by atoms with Crippen LogP contribution in [0, 0.1) is 0 Å². The lowest BCUT2D eigenvalue weighted by Gasteiger charge is -2.30. The lowest BCUT2D eigenvalue weighted by atomic mass is 10.0. The minimum Gasteiger partial charge on any atom is -0.756 e. The van der Waals surface area contributed by atoms with Gasteiger partial charge in [-0.3, -0.25) is 9.36 Å². The number of nitrogens with one attached hydrogen (secondary N) is 1. The highest BCUT2D eigenvalue weighted by atomic mass is 31.2. The van der Waals surface area contributed by atoms with Crippen molar-refractivity contribution in [1.82, 2.24) is 5.32 Å². The summed E-state index contributed by atoms with van der Waals surface area (Å²) >= 11 is 0. The van der Waals surface area contributed by atoms with Crippen LogP contribution in [-0.4, -0.2) is 68.5 Å². The third kappa shape index (κ3) is 35.1. The van der Waals surface area contributed by atoms with Crippen LogP contribution in [-0.2, 0) is 18.4 Å². The summed E-state index contributed by atoms with van der Waals surface area (Å²) in [4.78, 5) is 25.2. The van der Waals surface area contributed by atoms with Crippen molar-refractivity contribution in [2.45, 2.75) is 180 Å². The van der Waals surface area contributed by atoms with Crippen molar-refractivity contribution in [2.75, 3.05) is 40.9 Å². The van der Waals surface area contributed by atoms with Gasteiger partial charge in [-0.1, -0.05) is 147 Å². The largest absolute Gasteiger partial charge is 0.756 e. The highest BCUT2D eigenvalue weighted by Crippen LogP contribution is 2.38. The number of unbranched alkanes of at least 4 members (excludes halogenated alkanes) is 17. The Morgan fingerprint density at radius 2 is 1.16 bits per heavy atom. The number of quaternary nitrogens is 1. The van der Waals surface area contributed by atoms with Crippen LogP contribution in [0.15, 0.2) is 36.5 Å². The maximum Gasteiger partial charge on any atom is 0.268 e. The van der Waals surface area contributed by atoms with Gasteiger partial charge in [0.15, 0.2) is 0 Å². The third-order valence-corrected chi connectivity index (χ3v) is 9.85. The Hall–Kier alpha value is -1.28. The van der Waals surface area contributed by atoms with Crippen LogP contribution in [0.25, 0.3) is 0 Å². The first-order chi connectivity index (χ1) is 24.0. The van der Waals surface area contributed by atoms with Crippen molar-refractivity contribution in [3.63, 3.8) is 0 Å². The molecule has 0 aliphatic rings. The molecule has 0 heterocycles. The average molecular weight is 727 g/mol. The van der Waals surface area contributed by atoms with E-state index in [2.05, 4.69) is 55.6 Å². The minimum atomic E-state index is -4.56. The summed E-state index contributed by atoms with van der Waals surface area (Å²) in [5.41, 5.74) is 0. The second-order valence-electron chi connectivity index (χ2n) is 15.0. The topological polar surface area (TPSA) is 108 Å². The van der Waals surface area contributed by atoms with E-state index < -0.39 is 20.0 Å². The molecule has 0 aromatic carbocycles. The predicted octanol–water partition coefficient (Wildman–Crippen LogP) is 10.1. The number of aliphatic hydroxyl groups excluding tert-OH is 1. The van der Waals surface area contributed by atoms with Crippen LogP contribution in [0.3, 0.4) is 0 Å². The van der Waals surface area contributed by atoms with E-state index in [4.69, 9.17) is 9.05 Å². The van der Waals surface area contributed by atoms with E-state index in [-0.39, 0.29) is 19.1 Å². The van der Waals surface area contributed by atoms with Crippen molar-refractivity contribution >= 4 is 13.7 Å². The van der Waals surface area contributed by atoms with Gasteiger partial charge in [0.25, 0.3) is 7.82 Å². The van der Waals surface area contributed by atoms with E-state index in [0.717, 1.165) is 64.2 Å². The number of allylic oxidation sites excluding steroid dienone is 6. The predicted molar refractivity (Wildman–Crippen MR) is 210 cm³/mol. The molecular formula is C41H79N2O6P. The number of amides is 1. The van der Waals surface area contributed by atoms with Gasteiger partial charge in [-0.2, -0.15) is 0 Å². The summed E-state index contributed by atoms with van der Waals surface area (Å²) in [6, 6.07) is -0.804. The maximum absolute atomic E-state index is 12.8. The molecule has 9 heteroatoms. The molecule has 0 aromatic heterocycles. The van der Waals surface area contributed by atoms with Crippen LogP contribution in [0.1, 0.15) is 168 Å². The van der Waals surface area contributed by atoms with Crippen LogP contribution in [0.2, 0.25) is 0 Å². The van der Waals surface area contributed by atoms with Crippen LogP contribution in [0.4, 0.5) is 0 Å². The Kier molecular flexibility index (Phi) is 32.7. The molecule has 1 amide bonds. The highest BCUT2D eigenvalue weighted by Gasteiger charge is 2.24. The molecule has 0 radical (unpaired) electrons. The summed E-state index contributed by atoms with van der Waals surface area (Å²) in [6.07, 6.45) is 38.6. The van der Waals surface area contributed by atoms with Gasteiger partial charge in [0.05, 0.1) is 39.9 Å². The monoisotopic (exact) mass is 727 g/mol. The van der Waals surface area contributed by atoms with E-state index in [1.807, 2.05) is 21.1 Å². The zero-order chi connectivity index (χ0) is 37.2. The lowest BCUT2D eigenvalue weighted by molar-refractivity contribution is -0.870. The number of hydrogen-bond donors (Lipinski definition) is 2. The van der Waals surface area contributed by atoms with Crippen LogP contribution < -0.4 is 10.2 Å². The zero-order valence-electron chi connectivity index (χ0n) is 33.1. The molecule has 0 saturated carbocycles. The summed E-state index contributed by atoms with van der Waals surface area (Å²) in [6.45, 7) is 4.63. The molecule has 0 rings (SSSR count). The summed E-state index contributed by atoms with van der Waals surface area (Å²) in [5, 5.41) is 13.8. The normalized spacial score (nSPS) is 14.9. The van der Waals surface area contributed by atoms with E-state index >= 15 is 0 Å². The summed E-state index contributed by atoms with van der Waals surface area (Å²) in [5.74, 6) is -0.182. The van der Waals surface area contributed by atoms with Gasteiger partial charge in [0.1, 0.15) is 13.2 Å². The second kappa shape index (κ2) is 33.5. The van der Waals surface area contributed by atoms with E-state index in [1.54, 1.807) is 0 Å². The van der Waals surface area contributed by atoms with Gasteiger partial charge in [-0.05, 0) is 51.4 Å². The quantitative estimate of drug-likeness (QED) is 0.0288. The van der Waals surface area contributed by atoms with Crippen molar-refractivity contribution in [1.29, 1.82) is 0 Å². The maximum atomic E-state index is 12.8. The van der Waals surface area contributed by atoms with Crippen LogP contribution in [0.5, 0.6) is 0 Å². The van der Waals surface area contributed by atoms with Gasteiger partial charge >= 0.3 is 0 Å². The number of aliphatic hydroxyl groups is 1. The number of nitrogens with zero attached hydrogens (tertiary/aromatic N) is 1. The van der Waals surface area contributed by atoms with Crippen molar-refractivity contribution in [3.05, 3.63) is 36.5 Å². The minimum absolute atomic E-state index is 0.00811. The summed E-state index contributed by atoms with van der Waals surface area (Å²) in [7, 11) is 1.29. The fourth-order valence-corrected chi connectivity index (χ4v) is 6.30. The number of carbonyl (C=O) groups excluding carboxylic acids is 1. The molecular weight excluding hydrogens is 647 g/mol. The lowest BCUT2D eigenvalue weighted by Crippen LogP contribution is -2.46. The molecule has 0 saturated heterocycles. The highest BCUT2D eigenvalue weighted by molar-refractivity contribution is 7.45. The molecule has 0 aromatic rings. The molecule has 294 valence electrons. The zero-order valence-corrected chi connectivity index (χ0v) is 34.0. The Morgan fingerprint density at radius 3 is 1.72 bits per heavy atom. The van der Waals surface area contributed by atoms with Gasteiger partial charge < -0.3 is 28.8 Å². The SMILES string of the molecule is CCCCC/C=C\C/C=C\C/C=C\CCCCCCCCC(=O)NC(COP(=O)([O-])OCC[N+](C)(C)C)C(O)CCCCCCCCCCC. The van der Waals surface area contributed by atoms with Gasteiger partial charge in [-0.25, -0.2) is 0 Å². The van der Waals surface area contributed by atoms with Crippen molar-refractivity contribution in [2.24, 2.45) is 0 Å². The Balaban J connectivity index is 4.37.